The maximum Gasteiger partial charge on any atom is 0.0704 e. The summed E-state index contributed by atoms with van der Waals surface area (Å²) in [6, 6.07) is 19.5. The normalized spacial score (nSPS) is 12.8. The molecular formula is C24H24N2. The summed E-state index contributed by atoms with van der Waals surface area (Å²) in [6.07, 6.45) is 4.86. The lowest BCUT2D eigenvalue weighted by molar-refractivity contribution is 0.765. The molecule has 0 N–H and O–H groups in total. The highest BCUT2D eigenvalue weighted by molar-refractivity contribution is 5.85. The minimum Gasteiger partial charge on any atom is -0.260 e. The Morgan fingerprint density at radius 2 is 1.62 bits per heavy atom. The summed E-state index contributed by atoms with van der Waals surface area (Å²) in [7, 11) is 0. The fraction of sp³-hybridized carbons (Fsp3) is 0.250. The van der Waals surface area contributed by atoms with E-state index in [1.165, 1.54) is 33.0 Å². The molecule has 4 rings (SSSR count). The van der Waals surface area contributed by atoms with E-state index in [-0.39, 0.29) is 0 Å². The maximum absolute atomic E-state index is 4.62. The molecule has 4 aromatic rings. The van der Waals surface area contributed by atoms with Crippen LogP contribution in [0.5, 0.6) is 0 Å². The van der Waals surface area contributed by atoms with Crippen molar-refractivity contribution in [1.29, 1.82) is 0 Å². The average molecular weight is 340 g/mol. The first kappa shape index (κ1) is 16.7. The summed E-state index contributed by atoms with van der Waals surface area (Å²) in [6.45, 7) is 6.72. The second kappa shape index (κ2) is 6.87. The molecule has 130 valence electrons. The van der Waals surface area contributed by atoms with Crippen LogP contribution in [0.4, 0.5) is 0 Å². The highest BCUT2D eigenvalue weighted by atomic mass is 14.7. The fourth-order valence-electron chi connectivity index (χ4n) is 3.84. The third-order valence-corrected chi connectivity index (χ3v) is 5.16. The first-order chi connectivity index (χ1) is 12.6. The second-order valence-corrected chi connectivity index (χ2v) is 7.43. The largest absolute Gasteiger partial charge is 0.260 e. The van der Waals surface area contributed by atoms with Crippen molar-refractivity contribution in [3.8, 4) is 0 Å². The number of rotatable bonds is 4. The van der Waals surface area contributed by atoms with Crippen molar-refractivity contribution >= 4 is 21.7 Å². The smallest absolute Gasteiger partial charge is 0.0704 e. The van der Waals surface area contributed by atoms with Crippen molar-refractivity contribution in [3.05, 3.63) is 83.8 Å². The molecule has 0 aliphatic rings. The van der Waals surface area contributed by atoms with Gasteiger partial charge in [-0.05, 0) is 59.0 Å². The van der Waals surface area contributed by atoms with E-state index in [0.29, 0.717) is 11.8 Å². The van der Waals surface area contributed by atoms with Crippen molar-refractivity contribution in [3.63, 3.8) is 0 Å². The van der Waals surface area contributed by atoms with Gasteiger partial charge in [0.15, 0.2) is 0 Å². The lowest BCUT2D eigenvalue weighted by Gasteiger charge is -2.16. The molecule has 2 aromatic heterocycles. The van der Waals surface area contributed by atoms with E-state index in [2.05, 4.69) is 79.3 Å². The van der Waals surface area contributed by atoms with Crippen molar-refractivity contribution in [2.75, 3.05) is 0 Å². The zero-order valence-electron chi connectivity index (χ0n) is 15.6. The number of fused-ring (bicyclic) bond motifs is 2. The van der Waals surface area contributed by atoms with E-state index in [0.717, 1.165) is 11.9 Å². The van der Waals surface area contributed by atoms with Crippen LogP contribution >= 0.6 is 0 Å². The Kier molecular flexibility index (Phi) is 4.42. The maximum atomic E-state index is 4.62. The fourth-order valence-corrected chi connectivity index (χ4v) is 3.84. The summed E-state index contributed by atoms with van der Waals surface area (Å²) in [4.78, 5) is 9.11. The third kappa shape index (κ3) is 3.08. The molecule has 0 radical (unpaired) electrons. The van der Waals surface area contributed by atoms with Gasteiger partial charge in [0.1, 0.15) is 0 Å². The zero-order chi connectivity index (χ0) is 18.1. The molecule has 0 saturated heterocycles. The van der Waals surface area contributed by atoms with Gasteiger partial charge in [-0.3, -0.25) is 9.97 Å². The molecule has 2 nitrogen and oxygen atoms in total. The number of aromatic nitrogens is 2. The topological polar surface area (TPSA) is 25.8 Å². The SMILES string of the molecule is CC(C)c1nccc2ccc(CC(C)c3ccnc4ccccc34)cc12. The van der Waals surface area contributed by atoms with Gasteiger partial charge in [0.05, 0.1) is 11.2 Å². The monoisotopic (exact) mass is 340 g/mol. The molecule has 0 bridgehead atoms. The zero-order valence-corrected chi connectivity index (χ0v) is 15.6. The summed E-state index contributed by atoms with van der Waals surface area (Å²) < 4.78 is 0. The lowest BCUT2D eigenvalue weighted by atomic mass is 9.90. The number of hydrogen-bond donors (Lipinski definition) is 0. The first-order valence-corrected chi connectivity index (χ1v) is 9.34. The van der Waals surface area contributed by atoms with Gasteiger partial charge in [-0.2, -0.15) is 0 Å². The Labute approximate surface area is 154 Å². The Bertz CT molecular complexity index is 1060. The molecule has 26 heavy (non-hydrogen) atoms. The minimum absolute atomic E-state index is 0.426. The van der Waals surface area contributed by atoms with Crippen molar-refractivity contribution < 1.29 is 0 Å². The predicted molar refractivity (Wildman–Crippen MR) is 110 cm³/mol. The molecule has 0 fully saturated rings. The Morgan fingerprint density at radius 3 is 2.46 bits per heavy atom. The van der Waals surface area contributed by atoms with E-state index in [9.17, 15) is 0 Å². The average Bonchev–Trinajstić information content (AvgIpc) is 2.66. The van der Waals surface area contributed by atoms with E-state index in [4.69, 9.17) is 0 Å². The van der Waals surface area contributed by atoms with Gasteiger partial charge in [-0.1, -0.05) is 51.1 Å². The molecule has 0 saturated carbocycles. The standard InChI is InChI=1S/C24H24N2/c1-16(2)24-22-15-18(8-9-19(22)10-12-26-24)14-17(3)20-11-13-25-23-7-5-4-6-21(20)23/h4-13,15-17H,14H2,1-3H3. The van der Waals surface area contributed by atoms with Crippen LogP contribution in [0.3, 0.4) is 0 Å². The number of pyridine rings is 2. The van der Waals surface area contributed by atoms with Crippen molar-refractivity contribution in [2.45, 2.75) is 39.0 Å². The van der Waals surface area contributed by atoms with Crippen molar-refractivity contribution in [2.24, 2.45) is 0 Å². The highest BCUT2D eigenvalue weighted by Gasteiger charge is 2.12. The molecule has 0 aliphatic heterocycles. The summed E-state index contributed by atoms with van der Waals surface area (Å²) in [5, 5.41) is 3.81. The van der Waals surface area contributed by atoms with Crippen LogP contribution < -0.4 is 0 Å². The van der Waals surface area contributed by atoms with Gasteiger partial charge >= 0.3 is 0 Å². The van der Waals surface area contributed by atoms with E-state index in [1.54, 1.807) is 0 Å². The predicted octanol–water partition coefficient (Wildman–Crippen LogP) is 6.25. The molecule has 0 aliphatic carbocycles. The molecule has 1 atom stereocenters. The highest BCUT2D eigenvalue weighted by Crippen LogP contribution is 2.29. The Morgan fingerprint density at radius 1 is 0.808 bits per heavy atom. The minimum atomic E-state index is 0.426. The van der Waals surface area contributed by atoms with E-state index >= 15 is 0 Å². The quantitative estimate of drug-likeness (QED) is 0.438. The number of nitrogens with zero attached hydrogens (tertiary/aromatic N) is 2. The lowest BCUT2D eigenvalue weighted by Crippen LogP contribution is -2.01. The first-order valence-electron chi connectivity index (χ1n) is 9.34. The van der Waals surface area contributed by atoms with E-state index < -0.39 is 0 Å². The molecule has 1 unspecified atom stereocenters. The van der Waals surface area contributed by atoms with Gasteiger partial charge in [0, 0.05) is 23.2 Å². The molecule has 0 amide bonds. The number of para-hydroxylation sites is 1. The van der Waals surface area contributed by atoms with Gasteiger partial charge in [-0.25, -0.2) is 0 Å². The van der Waals surface area contributed by atoms with Crippen LogP contribution in [0.15, 0.2) is 67.0 Å². The Hall–Kier alpha value is -2.74. The van der Waals surface area contributed by atoms with Gasteiger partial charge in [0.2, 0.25) is 0 Å². The molecule has 2 aromatic carbocycles. The molecule has 2 heterocycles. The Balaban J connectivity index is 1.71. The van der Waals surface area contributed by atoms with Crippen LogP contribution in [-0.4, -0.2) is 9.97 Å². The molecule has 0 spiro atoms. The van der Waals surface area contributed by atoms with Crippen LogP contribution in [0.2, 0.25) is 0 Å². The molecular weight excluding hydrogens is 316 g/mol. The van der Waals surface area contributed by atoms with Crippen LogP contribution in [0, 0.1) is 0 Å². The van der Waals surface area contributed by atoms with E-state index in [1.807, 2.05) is 18.5 Å². The van der Waals surface area contributed by atoms with Gasteiger partial charge in [0.25, 0.3) is 0 Å². The third-order valence-electron chi connectivity index (χ3n) is 5.16. The number of benzene rings is 2. The van der Waals surface area contributed by atoms with Crippen LogP contribution in [-0.2, 0) is 6.42 Å². The molecule has 2 heteroatoms. The number of hydrogen-bond acceptors (Lipinski definition) is 2. The van der Waals surface area contributed by atoms with Gasteiger partial charge < -0.3 is 0 Å². The summed E-state index contributed by atoms with van der Waals surface area (Å²) >= 11 is 0. The van der Waals surface area contributed by atoms with Gasteiger partial charge in [-0.15, -0.1) is 0 Å². The van der Waals surface area contributed by atoms with Crippen LogP contribution in [0.1, 0.15) is 49.4 Å². The van der Waals surface area contributed by atoms with Crippen LogP contribution in [0.25, 0.3) is 21.7 Å². The van der Waals surface area contributed by atoms with Crippen molar-refractivity contribution in [1.82, 2.24) is 9.97 Å². The summed E-state index contributed by atoms with van der Waals surface area (Å²) in [5.74, 6) is 0.857. The summed E-state index contributed by atoms with van der Waals surface area (Å²) in [5.41, 5.74) is 4.99. The second-order valence-electron chi connectivity index (χ2n) is 7.43.